The molecule has 0 aromatic carbocycles. The SMILES string of the molecule is CCCCCC(C)(C)C(C)CC(C)C1C(=C(C)CCCC(C)C)C1C. The highest BCUT2D eigenvalue weighted by atomic mass is 14.5. The van der Waals surface area contributed by atoms with Crippen LogP contribution in [0.5, 0.6) is 0 Å². The van der Waals surface area contributed by atoms with Gasteiger partial charge >= 0.3 is 0 Å². The van der Waals surface area contributed by atoms with E-state index in [0.717, 1.165) is 29.6 Å². The van der Waals surface area contributed by atoms with Crippen LogP contribution in [0.3, 0.4) is 0 Å². The van der Waals surface area contributed by atoms with Crippen molar-refractivity contribution < 1.29 is 0 Å². The molecule has 0 saturated heterocycles. The summed E-state index contributed by atoms with van der Waals surface area (Å²) in [5.41, 5.74) is 4.05. The maximum absolute atomic E-state index is 2.52. The molecule has 0 bridgehead atoms. The molecule has 0 radical (unpaired) electrons. The maximum Gasteiger partial charge on any atom is -0.0109 e. The second-order valence-corrected chi connectivity index (χ2v) is 10.4. The molecule has 4 unspecified atom stereocenters. The fourth-order valence-electron chi connectivity index (χ4n) is 4.91. The quantitative estimate of drug-likeness (QED) is 0.244. The summed E-state index contributed by atoms with van der Waals surface area (Å²) in [6, 6.07) is 0. The zero-order chi connectivity index (χ0) is 19.2. The first-order valence-corrected chi connectivity index (χ1v) is 11.3. The van der Waals surface area contributed by atoms with Crippen LogP contribution in [-0.2, 0) is 0 Å². The van der Waals surface area contributed by atoms with E-state index < -0.39 is 0 Å². The zero-order valence-electron chi connectivity index (χ0n) is 19.0. The molecule has 0 aromatic heterocycles. The number of hydrogen-bond donors (Lipinski definition) is 0. The molecule has 4 atom stereocenters. The summed E-state index contributed by atoms with van der Waals surface area (Å²) in [5, 5.41) is 0. The largest absolute Gasteiger partial charge is 0.0735 e. The van der Waals surface area contributed by atoms with E-state index in [1.165, 1.54) is 51.4 Å². The van der Waals surface area contributed by atoms with Crippen molar-refractivity contribution in [2.24, 2.45) is 35.0 Å². The molecule has 0 heteroatoms. The lowest BCUT2D eigenvalue weighted by molar-refractivity contribution is 0.168. The van der Waals surface area contributed by atoms with Crippen LogP contribution in [-0.4, -0.2) is 0 Å². The average molecular weight is 349 g/mol. The molecule has 1 rings (SSSR count). The van der Waals surface area contributed by atoms with Crippen molar-refractivity contribution in [3.8, 4) is 0 Å². The van der Waals surface area contributed by atoms with E-state index in [1.807, 2.05) is 5.57 Å². The maximum atomic E-state index is 2.52. The van der Waals surface area contributed by atoms with Crippen molar-refractivity contribution in [3.05, 3.63) is 11.1 Å². The van der Waals surface area contributed by atoms with Gasteiger partial charge in [-0.25, -0.2) is 0 Å². The lowest BCUT2D eigenvalue weighted by Crippen LogP contribution is -2.24. The van der Waals surface area contributed by atoms with Crippen molar-refractivity contribution in [1.82, 2.24) is 0 Å². The molecule has 0 spiro atoms. The molecule has 1 aliphatic carbocycles. The van der Waals surface area contributed by atoms with Gasteiger partial charge in [-0.3, -0.25) is 0 Å². The molecule has 25 heavy (non-hydrogen) atoms. The van der Waals surface area contributed by atoms with Crippen molar-refractivity contribution >= 4 is 0 Å². The minimum absolute atomic E-state index is 0.498. The molecule has 0 heterocycles. The van der Waals surface area contributed by atoms with Gasteiger partial charge in [-0.05, 0) is 67.6 Å². The fourth-order valence-corrected chi connectivity index (χ4v) is 4.91. The van der Waals surface area contributed by atoms with Gasteiger partial charge in [0.05, 0.1) is 0 Å². The van der Waals surface area contributed by atoms with Crippen LogP contribution in [0.2, 0.25) is 0 Å². The summed E-state index contributed by atoms with van der Waals surface area (Å²) in [6.07, 6.45) is 11.0. The molecular formula is C25H48. The summed E-state index contributed by atoms with van der Waals surface area (Å²) < 4.78 is 0. The molecule has 1 saturated carbocycles. The summed E-state index contributed by atoms with van der Waals surface area (Å²) in [5.74, 6) is 4.26. The molecule has 1 aliphatic rings. The standard InChI is InChI=1S/C25H48/c1-10-11-12-16-25(8,9)21(6)17-20(5)24-22(7)23(24)19(4)15-13-14-18(2)3/h18,20-22,24H,10-17H2,1-9H3. The van der Waals surface area contributed by atoms with E-state index in [9.17, 15) is 0 Å². The number of rotatable bonds is 12. The molecule has 1 fully saturated rings. The molecule has 0 aliphatic heterocycles. The normalized spacial score (nSPS) is 25.2. The highest BCUT2D eigenvalue weighted by Gasteiger charge is 2.45. The Balaban J connectivity index is 2.52. The Kier molecular flexibility index (Phi) is 9.27. The molecule has 0 amide bonds. The first-order chi connectivity index (χ1) is 11.6. The Labute approximate surface area is 160 Å². The third kappa shape index (κ3) is 7.10. The minimum Gasteiger partial charge on any atom is -0.0735 e. The van der Waals surface area contributed by atoms with Gasteiger partial charge in [0, 0.05) is 0 Å². The predicted octanol–water partition coefficient (Wildman–Crippen LogP) is 8.66. The highest BCUT2D eigenvalue weighted by molar-refractivity contribution is 5.34. The Bertz CT molecular complexity index is 412. The second kappa shape index (κ2) is 10.2. The van der Waals surface area contributed by atoms with E-state index in [2.05, 4.69) is 62.3 Å². The number of allylic oxidation sites excluding steroid dienone is 2. The topological polar surface area (TPSA) is 0 Å². The van der Waals surface area contributed by atoms with Gasteiger partial charge in [0.1, 0.15) is 0 Å². The smallest absolute Gasteiger partial charge is 0.0109 e. The van der Waals surface area contributed by atoms with Crippen molar-refractivity contribution in [2.45, 2.75) is 114 Å². The van der Waals surface area contributed by atoms with Crippen LogP contribution in [0, 0.1) is 35.0 Å². The van der Waals surface area contributed by atoms with Gasteiger partial charge in [-0.15, -0.1) is 0 Å². The summed E-state index contributed by atoms with van der Waals surface area (Å²) >= 11 is 0. The summed E-state index contributed by atoms with van der Waals surface area (Å²) in [6.45, 7) is 21.9. The summed E-state index contributed by atoms with van der Waals surface area (Å²) in [7, 11) is 0. The molecule has 0 aromatic rings. The molecule has 0 nitrogen and oxygen atoms in total. The minimum atomic E-state index is 0.498. The van der Waals surface area contributed by atoms with Gasteiger partial charge in [-0.2, -0.15) is 0 Å². The molecular weight excluding hydrogens is 300 g/mol. The molecule has 148 valence electrons. The molecule has 0 N–H and O–H groups in total. The van der Waals surface area contributed by atoms with Gasteiger partial charge in [0.2, 0.25) is 0 Å². The Hall–Kier alpha value is -0.260. The van der Waals surface area contributed by atoms with E-state index in [1.54, 1.807) is 5.57 Å². The van der Waals surface area contributed by atoms with Crippen molar-refractivity contribution in [3.63, 3.8) is 0 Å². The van der Waals surface area contributed by atoms with Crippen LogP contribution in [0.4, 0.5) is 0 Å². The third-order valence-corrected chi connectivity index (χ3v) is 7.20. The third-order valence-electron chi connectivity index (χ3n) is 7.20. The highest BCUT2D eigenvalue weighted by Crippen LogP contribution is 2.54. The predicted molar refractivity (Wildman–Crippen MR) is 115 cm³/mol. The monoisotopic (exact) mass is 348 g/mol. The van der Waals surface area contributed by atoms with E-state index in [0.29, 0.717) is 5.41 Å². The lowest BCUT2D eigenvalue weighted by atomic mass is 9.72. The first-order valence-electron chi connectivity index (χ1n) is 11.3. The van der Waals surface area contributed by atoms with E-state index in [4.69, 9.17) is 0 Å². The van der Waals surface area contributed by atoms with Crippen LogP contribution < -0.4 is 0 Å². The Morgan fingerprint density at radius 2 is 1.68 bits per heavy atom. The Morgan fingerprint density at radius 3 is 2.24 bits per heavy atom. The van der Waals surface area contributed by atoms with Crippen molar-refractivity contribution in [2.75, 3.05) is 0 Å². The number of hydrogen-bond acceptors (Lipinski definition) is 0. The van der Waals surface area contributed by atoms with Gasteiger partial charge < -0.3 is 0 Å². The van der Waals surface area contributed by atoms with E-state index in [-0.39, 0.29) is 0 Å². The van der Waals surface area contributed by atoms with Crippen LogP contribution in [0.15, 0.2) is 11.1 Å². The first kappa shape index (κ1) is 22.8. The van der Waals surface area contributed by atoms with E-state index >= 15 is 0 Å². The number of unbranched alkanes of at least 4 members (excludes halogenated alkanes) is 2. The Morgan fingerprint density at radius 1 is 1.04 bits per heavy atom. The zero-order valence-corrected chi connectivity index (χ0v) is 19.0. The van der Waals surface area contributed by atoms with Gasteiger partial charge in [0.15, 0.2) is 0 Å². The van der Waals surface area contributed by atoms with Crippen molar-refractivity contribution in [1.29, 1.82) is 0 Å². The fraction of sp³-hybridized carbons (Fsp3) is 0.920. The van der Waals surface area contributed by atoms with Gasteiger partial charge in [0.25, 0.3) is 0 Å². The second-order valence-electron chi connectivity index (χ2n) is 10.4. The summed E-state index contributed by atoms with van der Waals surface area (Å²) in [4.78, 5) is 0. The average Bonchev–Trinajstić information content (AvgIpc) is 3.18. The van der Waals surface area contributed by atoms with Crippen LogP contribution in [0.25, 0.3) is 0 Å². The van der Waals surface area contributed by atoms with Crippen LogP contribution in [0.1, 0.15) is 114 Å². The van der Waals surface area contributed by atoms with Crippen LogP contribution >= 0.6 is 0 Å². The lowest BCUT2D eigenvalue weighted by Gasteiger charge is -2.34. The van der Waals surface area contributed by atoms with Gasteiger partial charge in [-0.1, -0.05) is 92.2 Å².